The Morgan fingerprint density at radius 2 is 2.20 bits per heavy atom. The van der Waals surface area contributed by atoms with Crippen LogP contribution in [0.25, 0.3) is 0 Å². The Morgan fingerprint density at radius 1 is 1.36 bits per heavy atom. The number of carbonyl (C=O) groups is 2. The van der Waals surface area contributed by atoms with E-state index in [1.165, 1.54) is 17.7 Å². The van der Waals surface area contributed by atoms with Crippen molar-refractivity contribution in [2.45, 2.75) is 25.2 Å². The monoisotopic (exact) mass is 341 g/mol. The fraction of sp³-hybridized carbons (Fsp3) is 0.389. The van der Waals surface area contributed by atoms with Crippen LogP contribution in [0.3, 0.4) is 0 Å². The average Bonchev–Trinajstić information content (AvgIpc) is 3.37. The van der Waals surface area contributed by atoms with Crippen LogP contribution in [-0.2, 0) is 11.2 Å². The highest BCUT2D eigenvalue weighted by Gasteiger charge is 2.27. The molecule has 1 saturated carbocycles. The van der Waals surface area contributed by atoms with Gasteiger partial charge in [0.15, 0.2) is 6.61 Å². The number of fused-ring (bicyclic) bond motifs is 1. The molecule has 130 valence electrons. The molecule has 1 aromatic heterocycles. The molecule has 0 radical (unpaired) electrons. The first-order chi connectivity index (χ1) is 12.1. The molecule has 1 fully saturated rings. The predicted molar refractivity (Wildman–Crippen MR) is 89.9 cm³/mol. The fourth-order valence-corrected chi connectivity index (χ4v) is 2.83. The van der Waals surface area contributed by atoms with Gasteiger partial charge in [0.05, 0.1) is 11.4 Å². The van der Waals surface area contributed by atoms with Crippen molar-refractivity contribution < 1.29 is 18.8 Å². The highest BCUT2D eigenvalue weighted by Crippen LogP contribution is 2.40. The van der Waals surface area contributed by atoms with Crippen LogP contribution in [-0.4, -0.2) is 37.2 Å². The highest BCUT2D eigenvalue weighted by atomic mass is 16.5. The number of anilines is 1. The second-order valence-electron chi connectivity index (χ2n) is 6.42. The summed E-state index contributed by atoms with van der Waals surface area (Å²) < 4.78 is 10.7. The topological polar surface area (TPSA) is 84.7 Å². The maximum atomic E-state index is 12.3. The lowest BCUT2D eigenvalue weighted by Gasteiger charge is -2.26. The summed E-state index contributed by atoms with van der Waals surface area (Å²) in [5, 5.41) is 6.91. The Hall–Kier alpha value is -2.83. The van der Waals surface area contributed by atoms with E-state index in [1.54, 1.807) is 25.2 Å². The molecule has 0 saturated heterocycles. The lowest BCUT2D eigenvalue weighted by Crippen LogP contribution is -2.35. The summed E-state index contributed by atoms with van der Waals surface area (Å²) in [5.74, 6) is 1.76. The number of nitrogens with zero attached hydrogens (tertiary/aromatic N) is 2. The quantitative estimate of drug-likeness (QED) is 0.897. The van der Waals surface area contributed by atoms with E-state index in [4.69, 9.17) is 9.26 Å². The number of aromatic nitrogens is 1. The molecule has 2 aliphatic rings. The minimum absolute atomic E-state index is 0.0234. The zero-order chi connectivity index (χ0) is 17.4. The summed E-state index contributed by atoms with van der Waals surface area (Å²) in [5.41, 5.74) is 1.95. The molecule has 0 spiro atoms. The number of benzene rings is 1. The third kappa shape index (κ3) is 3.22. The molecule has 0 bridgehead atoms. The standard InChI is InChI=1S/C18H19N3O4/c1-21-14-8-12(4-5-15(14)24-10-17(21)22)18(23)19-7-6-13-9-16(25-20-13)11-2-3-11/h4-5,8-9,11H,2-3,6-7,10H2,1H3,(H,19,23). The third-order valence-corrected chi connectivity index (χ3v) is 4.53. The molecule has 4 rings (SSSR count). The van der Waals surface area contributed by atoms with Gasteiger partial charge in [-0.1, -0.05) is 5.16 Å². The van der Waals surface area contributed by atoms with Gasteiger partial charge in [0.2, 0.25) is 0 Å². The van der Waals surface area contributed by atoms with E-state index in [-0.39, 0.29) is 18.4 Å². The van der Waals surface area contributed by atoms with Gasteiger partial charge in [-0.05, 0) is 31.0 Å². The van der Waals surface area contributed by atoms with Crippen LogP contribution in [0, 0.1) is 0 Å². The van der Waals surface area contributed by atoms with Gasteiger partial charge in [0.25, 0.3) is 11.8 Å². The average molecular weight is 341 g/mol. The second-order valence-corrected chi connectivity index (χ2v) is 6.42. The summed E-state index contributed by atoms with van der Waals surface area (Å²) in [7, 11) is 1.67. The lowest BCUT2D eigenvalue weighted by atomic mass is 10.1. The minimum atomic E-state index is -0.194. The summed E-state index contributed by atoms with van der Waals surface area (Å²) in [4.78, 5) is 25.5. The van der Waals surface area contributed by atoms with Crippen LogP contribution >= 0.6 is 0 Å². The molecule has 2 heterocycles. The van der Waals surface area contributed by atoms with Gasteiger partial charge >= 0.3 is 0 Å². The fourth-order valence-electron chi connectivity index (χ4n) is 2.83. The molecule has 25 heavy (non-hydrogen) atoms. The van der Waals surface area contributed by atoms with E-state index in [1.807, 2.05) is 6.07 Å². The number of ether oxygens (including phenoxy) is 1. The van der Waals surface area contributed by atoms with Gasteiger partial charge in [-0.2, -0.15) is 0 Å². The van der Waals surface area contributed by atoms with Crippen molar-refractivity contribution >= 4 is 17.5 Å². The van der Waals surface area contributed by atoms with Crippen molar-refractivity contribution in [3.63, 3.8) is 0 Å². The number of hydrogen-bond donors (Lipinski definition) is 1. The van der Waals surface area contributed by atoms with E-state index in [2.05, 4.69) is 10.5 Å². The summed E-state index contributed by atoms with van der Waals surface area (Å²) in [6, 6.07) is 7.05. The van der Waals surface area contributed by atoms with Gasteiger partial charge in [-0.3, -0.25) is 9.59 Å². The normalized spacial score (nSPS) is 16.4. The first-order valence-electron chi connectivity index (χ1n) is 8.39. The maximum Gasteiger partial charge on any atom is 0.264 e. The number of carbonyl (C=O) groups excluding carboxylic acids is 2. The van der Waals surface area contributed by atoms with Gasteiger partial charge in [-0.15, -0.1) is 0 Å². The highest BCUT2D eigenvalue weighted by molar-refractivity contribution is 6.00. The van der Waals surface area contributed by atoms with Crippen LogP contribution in [0.2, 0.25) is 0 Å². The van der Waals surface area contributed by atoms with Gasteiger partial charge in [0.1, 0.15) is 11.5 Å². The van der Waals surface area contributed by atoms with Crippen molar-refractivity contribution in [3.05, 3.63) is 41.3 Å². The van der Waals surface area contributed by atoms with Crippen molar-refractivity contribution in [1.82, 2.24) is 10.5 Å². The molecule has 7 nitrogen and oxygen atoms in total. The van der Waals surface area contributed by atoms with Gasteiger partial charge in [0, 0.05) is 37.6 Å². The van der Waals surface area contributed by atoms with E-state index in [0.717, 1.165) is 11.5 Å². The van der Waals surface area contributed by atoms with E-state index < -0.39 is 0 Å². The number of rotatable bonds is 5. The number of nitrogens with one attached hydrogen (secondary N) is 1. The van der Waals surface area contributed by atoms with Crippen LogP contribution in [0.15, 0.2) is 28.8 Å². The molecule has 1 aromatic carbocycles. The molecule has 0 unspecified atom stereocenters. The predicted octanol–water partition coefficient (Wildman–Crippen LogP) is 1.88. The number of amides is 2. The van der Waals surface area contributed by atoms with Crippen LogP contribution in [0.1, 0.15) is 40.6 Å². The van der Waals surface area contributed by atoms with Crippen LogP contribution in [0.5, 0.6) is 5.75 Å². The van der Waals surface area contributed by atoms with E-state index >= 15 is 0 Å². The molecule has 7 heteroatoms. The van der Waals surface area contributed by atoms with Crippen molar-refractivity contribution in [3.8, 4) is 5.75 Å². The van der Waals surface area contributed by atoms with Gasteiger partial charge in [-0.25, -0.2) is 0 Å². The summed E-state index contributed by atoms with van der Waals surface area (Å²) in [6.07, 6.45) is 2.96. The van der Waals surface area contributed by atoms with Gasteiger partial charge < -0.3 is 19.5 Å². The molecular weight excluding hydrogens is 322 g/mol. The zero-order valence-corrected chi connectivity index (χ0v) is 13.9. The van der Waals surface area contributed by atoms with Crippen LogP contribution < -0.4 is 15.0 Å². The molecule has 1 aliphatic carbocycles. The van der Waals surface area contributed by atoms with Crippen LogP contribution in [0.4, 0.5) is 5.69 Å². The smallest absolute Gasteiger partial charge is 0.264 e. The molecule has 1 aliphatic heterocycles. The Bertz CT molecular complexity index is 825. The number of hydrogen-bond acceptors (Lipinski definition) is 5. The molecule has 2 amide bonds. The largest absolute Gasteiger partial charge is 0.482 e. The minimum Gasteiger partial charge on any atom is -0.482 e. The zero-order valence-electron chi connectivity index (χ0n) is 13.9. The Morgan fingerprint density at radius 3 is 3.00 bits per heavy atom. The molecule has 2 aromatic rings. The maximum absolute atomic E-state index is 12.3. The third-order valence-electron chi connectivity index (χ3n) is 4.53. The number of likely N-dealkylation sites (N-methyl/N-ethyl adjacent to an activating group) is 1. The first kappa shape index (κ1) is 15.7. The Kier molecular flexibility index (Phi) is 3.91. The second kappa shape index (κ2) is 6.23. The van der Waals surface area contributed by atoms with E-state index in [9.17, 15) is 9.59 Å². The summed E-state index contributed by atoms with van der Waals surface area (Å²) in [6.45, 7) is 0.493. The SMILES string of the molecule is CN1C(=O)COc2ccc(C(=O)NCCc3cc(C4CC4)on3)cc21. The molecule has 0 atom stereocenters. The summed E-state index contributed by atoms with van der Waals surface area (Å²) >= 11 is 0. The molecule has 1 N–H and O–H groups in total. The van der Waals surface area contributed by atoms with Crippen molar-refractivity contribution in [2.24, 2.45) is 0 Å². The van der Waals surface area contributed by atoms with Crippen molar-refractivity contribution in [1.29, 1.82) is 0 Å². The Labute approximate surface area is 144 Å². The lowest BCUT2D eigenvalue weighted by molar-refractivity contribution is -0.120. The van der Waals surface area contributed by atoms with E-state index in [0.29, 0.717) is 35.9 Å². The first-order valence-corrected chi connectivity index (χ1v) is 8.39. The molecular formula is C18H19N3O4. The van der Waals surface area contributed by atoms with Crippen molar-refractivity contribution in [2.75, 3.05) is 25.1 Å². The Balaban J connectivity index is 1.36.